The molecule has 19 heavy (non-hydrogen) atoms. The van der Waals surface area contributed by atoms with Gasteiger partial charge in [-0.05, 0) is 12.1 Å². The van der Waals surface area contributed by atoms with E-state index in [4.69, 9.17) is 5.84 Å². The fourth-order valence-electron chi connectivity index (χ4n) is 1.68. The summed E-state index contributed by atoms with van der Waals surface area (Å²) in [5.41, 5.74) is 1.32. The summed E-state index contributed by atoms with van der Waals surface area (Å²) < 4.78 is 39.9. The van der Waals surface area contributed by atoms with Gasteiger partial charge in [-0.15, -0.1) is 0 Å². The number of rotatable bonds is 3. The van der Waals surface area contributed by atoms with E-state index in [-0.39, 0.29) is 11.6 Å². The number of aromatic nitrogens is 3. The Morgan fingerprint density at radius 2 is 2.11 bits per heavy atom. The molecule has 3 N–H and O–H groups in total. The average molecular weight is 271 g/mol. The van der Waals surface area contributed by atoms with Crippen LogP contribution in [0.1, 0.15) is 18.3 Å². The van der Waals surface area contributed by atoms with Gasteiger partial charge in [0.2, 0.25) is 0 Å². The van der Waals surface area contributed by atoms with Gasteiger partial charge in [0.15, 0.2) is 0 Å². The molecular weight excluding hydrogens is 259 g/mol. The third-order valence-corrected chi connectivity index (χ3v) is 2.57. The molecule has 0 fully saturated rings. The number of nitrogens with one attached hydrogen (secondary N) is 1. The van der Waals surface area contributed by atoms with E-state index in [0.717, 1.165) is 12.1 Å². The highest BCUT2D eigenvalue weighted by Gasteiger charge is 2.32. The highest BCUT2D eigenvalue weighted by molar-refractivity contribution is 5.44. The summed E-state index contributed by atoms with van der Waals surface area (Å²) in [5.74, 6) is 5.84. The van der Waals surface area contributed by atoms with Crippen molar-refractivity contribution in [2.24, 2.45) is 5.84 Å². The van der Waals surface area contributed by atoms with Gasteiger partial charge in [0.25, 0.3) is 0 Å². The monoisotopic (exact) mass is 271 g/mol. The summed E-state index contributed by atoms with van der Waals surface area (Å²) in [5, 5.41) is 0. The molecule has 0 bridgehead atoms. The molecule has 0 radical (unpaired) electrons. The highest BCUT2D eigenvalue weighted by Crippen LogP contribution is 2.31. The molecule has 0 aliphatic rings. The number of aryl methyl sites for hydroxylation is 1. The quantitative estimate of drug-likeness (QED) is 0.663. The first-order chi connectivity index (χ1) is 8.95. The topological polar surface area (TPSA) is 68.8 Å². The van der Waals surface area contributed by atoms with E-state index >= 15 is 0 Å². The van der Waals surface area contributed by atoms with Gasteiger partial charge in [0.05, 0.1) is 5.56 Å². The van der Waals surface area contributed by atoms with Crippen LogP contribution in [0.4, 0.5) is 19.0 Å². The van der Waals surface area contributed by atoms with Crippen molar-refractivity contribution in [2.75, 3.05) is 5.43 Å². The molecule has 0 unspecified atom stereocenters. The zero-order chi connectivity index (χ0) is 14.0. The lowest BCUT2D eigenvalue weighted by Crippen LogP contribution is -2.14. The largest absolute Gasteiger partial charge is 0.416 e. The van der Waals surface area contributed by atoms with Crippen LogP contribution in [0.25, 0.3) is 5.82 Å². The minimum atomic E-state index is -4.46. The molecule has 0 atom stereocenters. The van der Waals surface area contributed by atoms with Crippen molar-refractivity contribution in [1.82, 2.24) is 14.5 Å². The minimum absolute atomic E-state index is 0.0550. The van der Waals surface area contributed by atoms with Gasteiger partial charge < -0.3 is 5.43 Å². The van der Waals surface area contributed by atoms with Crippen LogP contribution in [0.3, 0.4) is 0 Å². The molecule has 2 aromatic rings. The first kappa shape index (κ1) is 13.3. The first-order valence-electron chi connectivity index (χ1n) is 5.54. The number of nitrogens with two attached hydrogens (primary N) is 1. The van der Waals surface area contributed by atoms with E-state index in [9.17, 15) is 13.2 Å². The molecule has 0 aliphatic carbocycles. The summed E-state index contributed by atoms with van der Waals surface area (Å²) in [6.45, 7) is 1.86. The maximum Gasteiger partial charge on any atom is 0.416 e. The van der Waals surface area contributed by atoms with Gasteiger partial charge >= 0.3 is 6.18 Å². The molecule has 0 saturated heterocycles. The Kier molecular flexibility index (Phi) is 3.43. The molecule has 2 aromatic heterocycles. The van der Waals surface area contributed by atoms with Crippen LogP contribution in [0.2, 0.25) is 0 Å². The number of imidazole rings is 1. The van der Waals surface area contributed by atoms with Crippen LogP contribution in [0.15, 0.2) is 24.5 Å². The van der Waals surface area contributed by atoms with Crippen LogP contribution in [-0.4, -0.2) is 14.5 Å². The van der Waals surface area contributed by atoms with E-state index in [1.807, 2.05) is 6.92 Å². The SMILES string of the molecule is CCc1nccn1-c1cc(C(F)(F)F)cc(NN)n1. The molecule has 0 amide bonds. The number of nitrogens with zero attached hydrogens (tertiary/aromatic N) is 3. The number of halogens is 3. The number of hydrogen-bond acceptors (Lipinski definition) is 4. The fraction of sp³-hybridized carbons (Fsp3) is 0.273. The molecule has 0 aliphatic heterocycles. The Hall–Kier alpha value is -2.09. The van der Waals surface area contributed by atoms with Crippen molar-refractivity contribution in [3.05, 3.63) is 35.9 Å². The van der Waals surface area contributed by atoms with E-state index in [1.165, 1.54) is 10.8 Å². The van der Waals surface area contributed by atoms with Gasteiger partial charge in [-0.1, -0.05) is 6.92 Å². The van der Waals surface area contributed by atoms with E-state index in [0.29, 0.717) is 12.2 Å². The van der Waals surface area contributed by atoms with E-state index < -0.39 is 11.7 Å². The summed E-state index contributed by atoms with van der Waals surface area (Å²) in [7, 11) is 0. The second-order valence-corrected chi connectivity index (χ2v) is 3.81. The molecule has 8 heteroatoms. The zero-order valence-corrected chi connectivity index (χ0v) is 10.1. The molecule has 0 spiro atoms. The third kappa shape index (κ3) is 2.68. The number of pyridine rings is 1. The van der Waals surface area contributed by atoms with Crippen LogP contribution >= 0.6 is 0 Å². The Morgan fingerprint density at radius 1 is 1.37 bits per heavy atom. The summed E-state index contributed by atoms with van der Waals surface area (Å²) in [6, 6.07) is 1.81. The van der Waals surface area contributed by atoms with Gasteiger partial charge in [-0.25, -0.2) is 15.8 Å². The van der Waals surface area contributed by atoms with E-state index in [2.05, 4.69) is 15.4 Å². The first-order valence-corrected chi connectivity index (χ1v) is 5.54. The molecule has 2 heterocycles. The predicted octanol–water partition coefficient (Wildman–Crippen LogP) is 2.13. The predicted molar refractivity (Wildman–Crippen MR) is 63.5 cm³/mol. The van der Waals surface area contributed by atoms with Gasteiger partial charge in [0.1, 0.15) is 17.5 Å². The second-order valence-electron chi connectivity index (χ2n) is 3.81. The van der Waals surface area contributed by atoms with E-state index in [1.54, 1.807) is 6.20 Å². The van der Waals surface area contributed by atoms with Gasteiger partial charge in [0, 0.05) is 18.8 Å². The van der Waals surface area contributed by atoms with Crippen molar-refractivity contribution in [1.29, 1.82) is 0 Å². The lowest BCUT2D eigenvalue weighted by atomic mass is 10.2. The number of hydrogen-bond donors (Lipinski definition) is 2. The van der Waals surface area contributed by atoms with Crippen molar-refractivity contribution < 1.29 is 13.2 Å². The number of nitrogen functional groups attached to an aromatic ring is 1. The maximum atomic E-state index is 12.8. The lowest BCUT2D eigenvalue weighted by Gasteiger charge is -2.12. The third-order valence-electron chi connectivity index (χ3n) is 2.57. The molecule has 102 valence electrons. The van der Waals surface area contributed by atoms with Crippen LogP contribution < -0.4 is 11.3 Å². The maximum absolute atomic E-state index is 12.8. The normalized spacial score (nSPS) is 11.6. The fourth-order valence-corrected chi connectivity index (χ4v) is 1.68. The standard InChI is InChI=1S/C11H12F3N5/c1-2-9-16-3-4-19(9)10-6-7(11(12,13)14)5-8(17-10)18-15/h3-6H,2,15H2,1H3,(H,17,18). The van der Waals surface area contributed by atoms with Crippen molar-refractivity contribution >= 4 is 5.82 Å². The Bertz CT molecular complexity index is 576. The molecule has 0 saturated carbocycles. The molecule has 5 nitrogen and oxygen atoms in total. The number of hydrazine groups is 1. The number of alkyl halides is 3. The van der Waals surface area contributed by atoms with Gasteiger partial charge in [-0.3, -0.25) is 4.57 Å². The molecule has 2 rings (SSSR count). The van der Waals surface area contributed by atoms with Crippen molar-refractivity contribution in [2.45, 2.75) is 19.5 Å². The van der Waals surface area contributed by atoms with Crippen molar-refractivity contribution in [3.63, 3.8) is 0 Å². The minimum Gasteiger partial charge on any atom is -0.308 e. The van der Waals surface area contributed by atoms with Crippen LogP contribution in [0, 0.1) is 0 Å². The average Bonchev–Trinajstić information content (AvgIpc) is 2.85. The summed E-state index contributed by atoms with van der Waals surface area (Å²) in [6.07, 6.45) is -0.815. The Balaban J connectivity index is 2.57. The highest BCUT2D eigenvalue weighted by atomic mass is 19.4. The van der Waals surface area contributed by atoms with Gasteiger partial charge in [-0.2, -0.15) is 13.2 Å². The van der Waals surface area contributed by atoms with Crippen LogP contribution in [-0.2, 0) is 12.6 Å². The van der Waals surface area contributed by atoms with Crippen molar-refractivity contribution in [3.8, 4) is 5.82 Å². The molecule has 0 aromatic carbocycles. The Morgan fingerprint density at radius 3 is 2.68 bits per heavy atom. The Labute approximate surface area is 107 Å². The smallest absolute Gasteiger partial charge is 0.308 e. The van der Waals surface area contributed by atoms with Crippen LogP contribution in [0.5, 0.6) is 0 Å². The zero-order valence-electron chi connectivity index (χ0n) is 10.1. The molecular formula is C11H12F3N5. The number of anilines is 1. The second kappa shape index (κ2) is 4.88. The lowest BCUT2D eigenvalue weighted by molar-refractivity contribution is -0.137. The summed E-state index contributed by atoms with van der Waals surface area (Å²) >= 11 is 0. The summed E-state index contributed by atoms with van der Waals surface area (Å²) in [4.78, 5) is 8.05.